The van der Waals surface area contributed by atoms with E-state index in [1.54, 1.807) is 20.8 Å². The second-order valence-electron chi connectivity index (χ2n) is 6.71. The predicted octanol–water partition coefficient (Wildman–Crippen LogP) is 3.15. The minimum Gasteiger partial charge on any atom is -0.867 e. The van der Waals surface area contributed by atoms with E-state index in [4.69, 9.17) is 11.6 Å². The van der Waals surface area contributed by atoms with Crippen LogP contribution in [0.4, 0.5) is 11.4 Å². The number of nitrogens with one attached hydrogen (secondary N) is 1. The summed E-state index contributed by atoms with van der Waals surface area (Å²) in [4.78, 5) is 14.1. The molecular formula is C17H17ClN3O5S-. The quantitative estimate of drug-likeness (QED) is 0.460. The molecule has 0 aliphatic heterocycles. The van der Waals surface area contributed by atoms with Crippen molar-refractivity contribution in [3.05, 3.63) is 57.1 Å². The smallest absolute Gasteiger partial charge is 0.263 e. The summed E-state index contributed by atoms with van der Waals surface area (Å²) in [5.74, 6) is -0.827. The summed E-state index contributed by atoms with van der Waals surface area (Å²) in [6.45, 7) is 5.15. The van der Waals surface area contributed by atoms with Crippen LogP contribution in [-0.4, -0.2) is 25.1 Å². The van der Waals surface area contributed by atoms with Crippen LogP contribution in [0.25, 0.3) is 0 Å². The van der Waals surface area contributed by atoms with Gasteiger partial charge in [0.05, 0.1) is 15.5 Å². The molecule has 2 aromatic rings. The van der Waals surface area contributed by atoms with Gasteiger partial charge in [0.2, 0.25) is 10.0 Å². The number of nitrogens with zero attached hydrogens (tertiary/aromatic N) is 2. The van der Waals surface area contributed by atoms with Gasteiger partial charge in [-0.2, -0.15) is 0 Å². The lowest BCUT2D eigenvalue weighted by Gasteiger charge is -2.20. The molecule has 8 nitrogen and oxygen atoms in total. The molecule has 0 atom stereocenters. The van der Waals surface area contributed by atoms with Crippen LogP contribution in [-0.2, 0) is 10.0 Å². The third-order valence-corrected chi connectivity index (χ3v) is 5.15. The summed E-state index contributed by atoms with van der Waals surface area (Å²) in [5.41, 5.74) is -1.13. The van der Waals surface area contributed by atoms with Crippen molar-refractivity contribution in [2.24, 2.45) is 4.99 Å². The van der Waals surface area contributed by atoms with Gasteiger partial charge in [-0.25, -0.2) is 13.1 Å². The fraction of sp³-hybridized carbons (Fsp3) is 0.235. The maximum atomic E-state index is 12.4. The van der Waals surface area contributed by atoms with E-state index >= 15 is 0 Å². The van der Waals surface area contributed by atoms with Crippen molar-refractivity contribution in [2.75, 3.05) is 0 Å². The van der Waals surface area contributed by atoms with Gasteiger partial charge in [0.15, 0.2) is 0 Å². The molecule has 0 aliphatic carbocycles. The number of hydrogen-bond acceptors (Lipinski definition) is 6. The van der Waals surface area contributed by atoms with Crippen LogP contribution in [0.5, 0.6) is 5.75 Å². The predicted molar refractivity (Wildman–Crippen MR) is 101 cm³/mol. The molecule has 2 rings (SSSR count). The highest BCUT2D eigenvalue weighted by molar-refractivity contribution is 7.89. The maximum absolute atomic E-state index is 12.4. The van der Waals surface area contributed by atoms with Gasteiger partial charge in [-0.05, 0) is 56.3 Å². The normalized spacial score (nSPS) is 12.4. The van der Waals surface area contributed by atoms with E-state index in [1.807, 2.05) is 0 Å². The molecule has 0 saturated carbocycles. The third kappa shape index (κ3) is 5.49. The summed E-state index contributed by atoms with van der Waals surface area (Å²) < 4.78 is 27.3. The molecule has 0 radical (unpaired) electrons. The number of nitro benzene ring substituents is 1. The first-order valence-electron chi connectivity index (χ1n) is 7.72. The Morgan fingerprint density at radius 1 is 1.22 bits per heavy atom. The minimum atomic E-state index is -3.75. The van der Waals surface area contributed by atoms with Gasteiger partial charge in [0.1, 0.15) is 0 Å². The maximum Gasteiger partial charge on any atom is 0.263 e. The average Bonchev–Trinajstić information content (AvgIpc) is 2.53. The molecule has 0 unspecified atom stereocenters. The largest absolute Gasteiger partial charge is 0.867 e. The van der Waals surface area contributed by atoms with Gasteiger partial charge in [-0.3, -0.25) is 15.1 Å². The molecule has 1 N–H and O–H groups in total. The van der Waals surface area contributed by atoms with Crippen molar-refractivity contribution in [1.82, 2.24) is 4.72 Å². The first-order valence-corrected chi connectivity index (χ1v) is 9.58. The summed E-state index contributed by atoms with van der Waals surface area (Å²) in [7, 11) is -3.75. The van der Waals surface area contributed by atoms with Crippen LogP contribution in [0.2, 0.25) is 5.02 Å². The van der Waals surface area contributed by atoms with Crippen molar-refractivity contribution in [2.45, 2.75) is 31.2 Å². The molecule has 0 heterocycles. The number of sulfonamides is 1. The summed E-state index contributed by atoms with van der Waals surface area (Å²) >= 11 is 5.80. The van der Waals surface area contributed by atoms with E-state index in [0.717, 1.165) is 12.3 Å². The Morgan fingerprint density at radius 2 is 1.89 bits per heavy atom. The summed E-state index contributed by atoms with van der Waals surface area (Å²) in [6, 6.07) is 8.00. The molecule has 27 heavy (non-hydrogen) atoms. The fourth-order valence-electron chi connectivity index (χ4n) is 2.17. The van der Waals surface area contributed by atoms with Crippen LogP contribution in [0.15, 0.2) is 46.3 Å². The van der Waals surface area contributed by atoms with Crippen molar-refractivity contribution in [3.8, 4) is 5.75 Å². The van der Waals surface area contributed by atoms with E-state index < -0.39 is 31.9 Å². The standard InChI is InChI=1S/C17H18ClN3O5S/c1-17(2,3)20-27(25,26)14-6-4-5-13(9-14)19-10-11-7-12(18)8-15(16(11)22)21(23)24/h4-10,20,22H,1-3H3/p-1. The first-order chi connectivity index (χ1) is 12.4. The zero-order valence-electron chi connectivity index (χ0n) is 14.8. The van der Waals surface area contributed by atoms with Crippen LogP contribution < -0.4 is 9.83 Å². The minimum absolute atomic E-state index is 0.00602. The zero-order valence-corrected chi connectivity index (χ0v) is 16.3. The Hall–Kier alpha value is -2.49. The Labute approximate surface area is 161 Å². The first kappa shape index (κ1) is 20.8. The third-order valence-electron chi connectivity index (χ3n) is 3.18. The lowest BCUT2D eigenvalue weighted by Crippen LogP contribution is -2.40. The number of aliphatic imine (C=N–C) groups is 1. The molecule has 0 saturated heterocycles. The van der Waals surface area contributed by atoms with Gasteiger partial charge in [-0.1, -0.05) is 17.7 Å². The Balaban J connectivity index is 2.39. The van der Waals surface area contributed by atoms with Crippen molar-refractivity contribution >= 4 is 39.2 Å². The molecule has 0 amide bonds. The molecule has 0 aromatic heterocycles. The molecule has 10 heteroatoms. The van der Waals surface area contributed by atoms with Crippen molar-refractivity contribution in [1.29, 1.82) is 0 Å². The van der Waals surface area contributed by atoms with Gasteiger partial charge < -0.3 is 5.11 Å². The monoisotopic (exact) mass is 410 g/mol. The Morgan fingerprint density at radius 3 is 2.48 bits per heavy atom. The lowest BCUT2D eigenvalue weighted by molar-refractivity contribution is -0.398. The van der Waals surface area contributed by atoms with E-state index in [0.29, 0.717) is 0 Å². The van der Waals surface area contributed by atoms with E-state index in [2.05, 4.69) is 9.71 Å². The van der Waals surface area contributed by atoms with E-state index in [9.17, 15) is 23.6 Å². The zero-order chi connectivity index (χ0) is 20.4. The van der Waals surface area contributed by atoms with E-state index in [1.165, 1.54) is 30.3 Å². The Bertz CT molecular complexity index is 1010. The molecule has 144 valence electrons. The van der Waals surface area contributed by atoms with E-state index in [-0.39, 0.29) is 21.2 Å². The van der Waals surface area contributed by atoms with Gasteiger partial charge in [-0.15, -0.1) is 0 Å². The van der Waals surface area contributed by atoms with Crippen LogP contribution in [0.1, 0.15) is 26.3 Å². The number of rotatable bonds is 5. The summed E-state index contributed by atoms with van der Waals surface area (Å²) in [5, 5.41) is 23.0. The average molecular weight is 411 g/mol. The number of benzene rings is 2. The van der Waals surface area contributed by atoms with Crippen molar-refractivity contribution < 1.29 is 18.4 Å². The van der Waals surface area contributed by atoms with Gasteiger partial charge >= 0.3 is 0 Å². The van der Waals surface area contributed by atoms with Crippen molar-refractivity contribution in [3.63, 3.8) is 0 Å². The van der Waals surface area contributed by atoms with Crippen LogP contribution in [0.3, 0.4) is 0 Å². The highest BCUT2D eigenvalue weighted by atomic mass is 35.5. The highest BCUT2D eigenvalue weighted by Gasteiger charge is 2.22. The van der Waals surface area contributed by atoms with Crippen LogP contribution in [0, 0.1) is 10.1 Å². The van der Waals surface area contributed by atoms with Gasteiger partial charge in [0.25, 0.3) is 5.69 Å². The number of halogens is 1. The SMILES string of the molecule is CC(C)(C)NS(=O)(=O)c1cccc(N=Cc2cc(Cl)cc([N+](=O)[O-])c2[O-])c1. The number of nitro groups is 1. The molecule has 0 aliphatic rings. The topological polar surface area (TPSA) is 125 Å². The molecular weight excluding hydrogens is 394 g/mol. The summed E-state index contributed by atoms with van der Waals surface area (Å²) in [6.07, 6.45) is 1.12. The number of hydrogen-bond donors (Lipinski definition) is 1. The molecule has 0 bridgehead atoms. The molecule has 0 fully saturated rings. The lowest BCUT2D eigenvalue weighted by atomic mass is 10.1. The fourth-order valence-corrected chi connectivity index (χ4v) is 3.85. The molecule has 0 spiro atoms. The molecule has 2 aromatic carbocycles. The highest BCUT2D eigenvalue weighted by Crippen LogP contribution is 2.30. The van der Waals surface area contributed by atoms with Gasteiger partial charge in [0, 0.05) is 22.8 Å². The second-order valence-corrected chi connectivity index (χ2v) is 8.83. The van der Waals surface area contributed by atoms with Crippen LogP contribution >= 0.6 is 11.6 Å². The Kier molecular flexibility index (Phi) is 5.88. The second kappa shape index (κ2) is 7.63.